The van der Waals surface area contributed by atoms with Gasteiger partial charge >= 0.3 is 0 Å². The summed E-state index contributed by atoms with van der Waals surface area (Å²) in [6, 6.07) is 0. The summed E-state index contributed by atoms with van der Waals surface area (Å²) in [5.41, 5.74) is 5.47. The molecule has 0 aromatic heterocycles. The van der Waals surface area contributed by atoms with Crippen LogP contribution in [0.25, 0.3) is 0 Å². The molecule has 0 atom stereocenters. The minimum Gasteiger partial charge on any atom is -0.348 e. The number of rotatable bonds is 3. The van der Waals surface area contributed by atoms with Crippen LogP contribution in [0, 0.1) is 0 Å². The van der Waals surface area contributed by atoms with E-state index in [1.165, 1.54) is 0 Å². The molecule has 1 aliphatic carbocycles. The summed E-state index contributed by atoms with van der Waals surface area (Å²) in [6.07, 6.45) is 4.29. The highest BCUT2D eigenvalue weighted by molar-refractivity contribution is 6.27. The van der Waals surface area contributed by atoms with Crippen molar-refractivity contribution in [2.24, 2.45) is 5.73 Å². The van der Waals surface area contributed by atoms with E-state index in [-0.39, 0.29) is 17.3 Å². The highest BCUT2D eigenvalue weighted by Crippen LogP contribution is 2.28. The number of hydrogen-bond donors (Lipinski definition) is 2. The fourth-order valence-corrected chi connectivity index (χ4v) is 1.83. The minimum atomic E-state index is -0.147. The first-order valence-corrected chi connectivity index (χ1v) is 4.83. The SMILES string of the molecule is NCC1(NC(=O)CCl)CCCC1. The number of alkyl halides is 1. The molecule has 0 aromatic rings. The van der Waals surface area contributed by atoms with Gasteiger partial charge in [0.05, 0.1) is 5.54 Å². The molecule has 1 rings (SSSR count). The van der Waals surface area contributed by atoms with Crippen molar-refractivity contribution in [2.45, 2.75) is 31.2 Å². The molecule has 1 amide bonds. The van der Waals surface area contributed by atoms with E-state index in [0.29, 0.717) is 6.54 Å². The first kappa shape index (κ1) is 9.81. The molecule has 0 heterocycles. The summed E-state index contributed by atoms with van der Waals surface area (Å²) >= 11 is 5.40. The molecular weight excluding hydrogens is 176 g/mol. The molecular formula is C8H15ClN2O. The number of amides is 1. The summed E-state index contributed by atoms with van der Waals surface area (Å²) < 4.78 is 0. The Labute approximate surface area is 77.6 Å². The van der Waals surface area contributed by atoms with Crippen molar-refractivity contribution in [3.05, 3.63) is 0 Å². The Hall–Kier alpha value is -0.280. The first-order valence-electron chi connectivity index (χ1n) is 4.29. The van der Waals surface area contributed by atoms with E-state index in [9.17, 15) is 4.79 Å². The Morgan fingerprint density at radius 3 is 2.50 bits per heavy atom. The summed E-state index contributed by atoms with van der Waals surface area (Å²) in [5, 5.41) is 2.90. The topological polar surface area (TPSA) is 55.1 Å². The normalized spacial score (nSPS) is 20.8. The second-order valence-electron chi connectivity index (χ2n) is 3.37. The van der Waals surface area contributed by atoms with Crippen molar-refractivity contribution in [3.63, 3.8) is 0 Å². The Balaban J connectivity index is 2.49. The van der Waals surface area contributed by atoms with E-state index < -0.39 is 0 Å². The van der Waals surface area contributed by atoms with Crippen molar-refractivity contribution in [1.82, 2.24) is 5.32 Å². The molecule has 0 radical (unpaired) electrons. The second-order valence-corrected chi connectivity index (χ2v) is 3.64. The maximum atomic E-state index is 11.0. The van der Waals surface area contributed by atoms with Crippen LogP contribution in [-0.2, 0) is 4.79 Å². The number of nitrogens with one attached hydrogen (secondary N) is 1. The minimum absolute atomic E-state index is 0.0295. The molecule has 1 fully saturated rings. The molecule has 0 saturated heterocycles. The Morgan fingerprint density at radius 2 is 2.08 bits per heavy atom. The molecule has 0 unspecified atom stereocenters. The highest BCUT2D eigenvalue weighted by Gasteiger charge is 2.33. The monoisotopic (exact) mass is 190 g/mol. The Morgan fingerprint density at radius 1 is 1.50 bits per heavy atom. The largest absolute Gasteiger partial charge is 0.348 e. The first-order chi connectivity index (χ1) is 5.72. The zero-order valence-corrected chi connectivity index (χ0v) is 7.86. The average Bonchev–Trinajstić information content (AvgIpc) is 2.54. The third-order valence-electron chi connectivity index (χ3n) is 2.48. The van der Waals surface area contributed by atoms with Gasteiger partial charge in [0.2, 0.25) is 5.91 Å². The number of halogens is 1. The van der Waals surface area contributed by atoms with E-state index in [1.54, 1.807) is 0 Å². The van der Waals surface area contributed by atoms with Crippen molar-refractivity contribution in [3.8, 4) is 0 Å². The molecule has 4 heteroatoms. The maximum absolute atomic E-state index is 11.0. The van der Waals surface area contributed by atoms with Crippen LogP contribution < -0.4 is 11.1 Å². The van der Waals surface area contributed by atoms with Gasteiger partial charge in [0.15, 0.2) is 0 Å². The van der Waals surface area contributed by atoms with Crippen molar-refractivity contribution in [1.29, 1.82) is 0 Å². The van der Waals surface area contributed by atoms with Gasteiger partial charge in [-0.2, -0.15) is 0 Å². The van der Waals surface area contributed by atoms with E-state index in [4.69, 9.17) is 17.3 Å². The summed E-state index contributed by atoms with van der Waals surface area (Å²) in [6.45, 7) is 0.523. The number of carbonyl (C=O) groups is 1. The predicted octanol–water partition coefficient (Wildman–Crippen LogP) is 0.613. The van der Waals surface area contributed by atoms with Gasteiger partial charge in [-0.15, -0.1) is 11.6 Å². The molecule has 0 aromatic carbocycles. The standard InChI is InChI=1S/C8H15ClN2O/c9-5-7(12)11-8(6-10)3-1-2-4-8/h1-6,10H2,(H,11,12). The molecule has 0 spiro atoms. The van der Waals surface area contributed by atoms with Gasteiger partial charge in [-0.05, 0) is 12.8 Å². The van der Waals surface area contributed by atoms with Crippen LogP contribution in [-0.4, -0.2) is 23.9 Å². The Bertz CT molecular complexity index is 166. The molecule has 1 saturated carbocycles. The van der Waals surface area contributed by atoms with Gasteiger partial charge in [0, 0.05) is 6.54 Å². The van der Waals surface area contributed by atoms with Gasteiger partial charge in [-0.25, -0.2) is 0 Å². The molecule has 3 N–H and O–H groups in total. The van der Waals surface area contributed by atoms with Crippen LogP contribution in [0.5, 0.6) is 0 Å². The van der Waals surface area contributed by atoms with Crippen LogP contribution in [0.2, 0.25) is 0 Å². The maximum Gasteiger partial charge on any atom is 0.235 e. The van der Waals surface area contributed by atoms with E-state index in [1.807, 2.05) is 0 Å². The lowest BCUT2D eigenvalue weighted by Crippen LogP contribution is -2.52. The summed E-state index contributed by atoms with van der Waals surface area (Å²) in [4.78, 5) is 11.0. The smallest absolute Gasteiger partial charge is 0.235 e. The van der Waals surface area contributed by atoms with Gasteiger partial charge in [-0.1, -0.05) is 12.8 Å². The van der Waals surface area contributed by atoms with E-state index >= 15 is 0 Å². The van der Waals surface area contributed by atoms with Gasteiger partial charge in [0.1, 0.15) is 5.88 Å². The third-order valence-corrected chi connectivity index (χ3v) is 2.72. The van der Waals surface area contributed by atoms with Gasteiger partial charge in [0.25, 0.3) is 0 Å². The van der Waals surface area contributed by atoms with Crippen LogP contribution in [0.4, 0.5) is 0 Å². The zero-order chi connectivity index (χ0) is 9.03. The van der Waals surface area contributed by atoms with Crippen LogP contribution in [0.15, 0.2) is 0 Å². The van der Waals surface area contributed by atoms with Crippen LogP contribution >= 0.6 is 11.6 Å². The zero-order valence-electron chi connectivity index (χ0n) is 7.11. The number of carbonyl (C=O) groups excluding carboxylic acids is 1. The van der Waals surface area contributed by atoms with Crippen LogP contribution in [0.1, 0.15) is 25.7 Å². The third kappa shape index (κ3) is 2.11. The van der Waals surface area contributed by atoms with Gasteiger partial charge in [-0.3, -0.25) is 4.79 Å². The number of nitrogens with two attached hydrogens (primary N) is 1. The lowest BCUT2D eigenvalue weighted by Gasteiger charge is -2.28. The van der Waals surface area contributed by atoms with Crippen molar-refractivity contribution in [2.75, 3.05) is 12.4 Å². The fraction of sp³-hybridized carbons (Fsp3) is 0.875. The molecule has 0 bridgehead atoms. The van der Waals surface area contributed by atoms with E-state index in [0.717, 1.165) is 25.7 Å². The average molecular weight is 191 g/mol. The molecule has 3 nitrogen and oxygen atoms in total. The van der Waals surface area contributed by atoms with Crippen molar-refractivity contribution < 1.29 is 4.79 Å². The lowest BCUT2D eigenvalue weighted by molar-refractivity contribution is -0.120. The lowest BCUT2D eigenvalue weighted by atomic mass is 9.98. The predicted molar refractivity (Wildman–Crippen MR) is 49.1 cm³/mol. The molecule has 70 valence electrons. The second kappa shape index (κ2) is 4.10. The van der Waals surface area contributed by atoms with Crippen LogP contribution in [0.3, 0.4) is 0 Å². The van der Waals surface area contributed by atoms with Gasteiger partial charge < -0.3 is 11.1 Å². The molecule has 1 aliphatic rings. The quantitative estimate of drug-likeness (QED) is 0.641. The van der Waals surface area contributed by atoms with Crippen molar-refractivity contribution >= 4 is 17.5 Å². The number of hydrogen-bond acceptors (Lipinski definition) is 2. The summed E-state index contributed by atoms with van der Waals surface area (Å²) in [7, 11) is 0. The molecule has 0 aliphatic heterocycles. The summed E-state index contributed by atoms with van der Waals surface area (Å²) in [5.74, 6) is -0.0779. The Kier molecular flexibility index (Phi) is 3.35. The molecule has 12 heavy (non-hydrogen) atoms. The fourth-order valence-electron chi connectivity index (χ4n) is 1.76. The van der Waals surface area contributed by atoms with E-state index in [2.05, 4.69) is 5.32 Å². The highest BCUT2D eigenvalue weighted by atomic mass is 35.5.